The van der Waals surface area contributed by atoms with Gasteiger partial charge in [-0.2, -0.15) is 5.26 Å². The Bertz CT molecular complexity index is 506. The number of carbonyl (C=O) groups is 1. The van der Waals surface area contributed by atoms with E-state index in [0.29, 0.717) is 24.7 Å². The van der Waals surface area contributed by atoms with Gasteiger partial charge < -0.3 is 4.90 Å². The molecule has 1 amide bonds. The lowest BCUT2D eigenvalue weighted by Crippen LogP contribution is -2.40. The molecule has 0 bridgehead atoms. The summed E-state index contributed by atoms with van der Waals surface area (Å²) in [5.74, 6) is -0.448. The summed E-state index contributed by atoms with van der Waals surface area (Å²) in [5.41, 5.74) is 0.367. The number of piperidine rings is 1. The maximum Gasteiger partial charge on any atom is 0.246 e. The molecule has 0 N–H and O–H groups in total. The van der Waals surface area contributed by atoms with Crippen LogP contribution < -0.4 is 0 Å². The molecule has 1 saturated heterocycles. The summed E-state index contributed by atoms with van der Waals surface area (Å²) in [7, 11) is 0. The highest BCUT2D eigenvalue weighted by atomic mass is 35.5. The highest BCUT2D eigenvalue weighted by Crippen LogP contribution is 2.22. The maximum absolute atomic E-state index is 12.3. The normalized spacial score (nSPS) is 17.8. The van der Waals surface area contributed by atoms with Gasteiger partial charge in [0.2, 0.25) is 5.91 Å². The second-order valence-corrected chi connectivity index (χ2v) is 5.22. The highest BCUT2D eigenvalue weighted by Gasteiger charge is 2.29. The molecule has 1 fully saturated rings. The number of nitriles is 1. The fraction of sp³-hybridized carbons (Fsp3) is 0.538. The summed E-state index contributed by atoms with van der Waals surface area (Å²) in [6, 6.07) is 3.49. The molecular formula is C13H15ClN4O. The molecule has 0 aromatic carbocycles. The Hall–Kier alpha value is -1.67. The Balaban J connectivity index is 2.14. The summed E-state index contributed by atoms with van der Waals surface area (Å²) >= 11 is 5.77. The van der Waals surface area contributed by atoms with Crippen molar-refractivity contribution in [3.8, 4) is 6.07 Å². The van der Waals surface area contributed by atoms with Gasteiger partial charge in [-0.15, -0.1) is 0 Å². The van der Waals surface area contributed by atoms with Gasteiger partial charge in [-0.25, -0.2) is 9.97 Å². The van der Waals surface area contributed by atoms with E-state index in [1.165, 1.54) is 12.4 Å². The number of nitrogens with zero attached hydrogens (tertiary/aromatic N) is 4. The Morgan fingerprint density at radius 3 is 2.79 bits per heavy atom. The summed E-state index contributed by atoms with van der Waals surface area (Å²) in [5, 5.41) is 9.46. The van der Waals surface area contributed by atoms with E-state index in [-0.39, 0.29) is 11.1 Å². The first-order valence-corrected chi connectivity index (χ1v) is 6.65. The number of aromatic nitrogens is 2. The third kappa shape index (κ3) is 3.21. The van der Waals surface area contributed by atoms with E-state index < -0.39 is 5.92 Å². The van der Waals surface area contributed by atoms with Crippen LogP contribution in [0, 0.1) is 17.2 Å². The predicted octanol–water partition coefficient (Wildman–Crippen LogP) is 2.00. The van der Waals surface area contributed by atoms with Crippen molar-refractivity contribution in [1.29, 1.82) is 5.26 Å². The van der Waals surface area contributed by atoms with Crippen LogP contribution in [0.3, 0.4) is 0 Å². The first kappa shape index (κ1) is 13.8. The monoisotopic (exact) mass is 278 g/mol. The van der Waals surface area contributed by atoms with E-state index in [4.69, 9.17) is 11.6 Å². The van der Waals surface area contributed by atoms with Crippen LogP contribution in [0.2, 0.25) is 5.15 Å². The lowest BCUT2D eigenvalue weighted by atomic mass is 9.97. The van der Waals surface area contributed by atoms with Crippen LogP contribution in [0.5, 0.6) is 0 Å². The number of rotatable bonds is 2. The van der Waals surface area contributed by atoms with E-state index in [9.17, 15) is 10.1 Å². The number of hydrogen-bond acceptors (Lipinski definition) is 4. The summed E-state index contributed by atoms with van der Waals surface area (Å²) in [4.78, 5) is 21.8. The van der Waals surface area contributed by atoms with Crippen LogP contribution in [-0.4, -0.2) is 33.9 Å². The van der Waals surface area contributed by atoms with Gasteiger partial charge in [-0.3, -0.25) is 4.79 Å². The molecule has 2 rings (SSSR count). The minimum atomic E-state index is -0.895. The third-order valence-electron chi connectivity index (χ3n) is 3.42. The number of amides is 1. The molecule has 0 spiro atoms. The summed E-state index contributed by atoms with van der Waals surface area (Å²) < 4.78 is 0. The van der Waals surface area contributed by atoms with Gasteiger partial charge in [0.05, 0.1) is 11.8 Å². The first-order valence-electron chi connectivity index (χ1n) is 6.27. The van der Waals surface area contributed by atoms with Crippen LogP contribution in [0.4, 0.5) is 0 Å². The average Bonchev–Trinajstić information content (AvgIpc) is 2.40. The van der Waals surface area contributed by atoms with Crippen LogP contribution >= 0.6 is 11.6 Å². The molecule has 1 aromatic heterocycles. The zero-order valence-electron chi connectivity index (χ0n) is 10.7. The lowest BCUT2D eigenvalue weighted by molar-refractivity contribution is -0.132. The van der Waals surface area contributed by atoms with Crippen molar-refractivity contribution < 1.29 is 4.79 Å². The van der Waals surface area contributed by atoms with Gasteiger partial charge in [0, 0.05) is 13.1 Å². The fourth-order valence-corrected chi connectivity index (χ4v) is 2.32. The topological polar surface area (TPSA) is 69.9 Å². The Morgan fingerprint density at radius 2 is 2.21 bits per heavy atom. The molecule has 1 aliphatic rings. The maximum atomic E-state index is 12.3. The smallest absolute Gasteiger partial charge is 0.246 e. The summed E-state index contributed by atoms with van der Waals surface area (Å²) in [6.45, 7) is 3.59. The van der Waals surface area contributed by atoms with Crippen LogP contribution in [0.15, 0.2) is 12.4 Å². The molecule has 1 aliphatic heterocycles. The zero-order valence-corrected chi connectivity index (χ0v) is 11.5. The van der Waals surface area contributed by atoms with E-state index in [2.05, 4.69) is 16.9 Å². The molecule has 19 heavy (non-hydrogen) atoms. The molecule has 0 aliphatic carbocycles. The molecule has 1 atom stereocenters. The Morgan fingerprint density at radius 1 is 1.53 bits per heavy atom. The van der Waals surface area contributed by atoms with Gasteiger partial charge in [0.25, 0.3) is 0 Å². The van der Waals surface area contributed by atoms with Crippen molar-refractivity contribution in [2.45, 2.75) is 25.7 Å². The largest absolute Gasteiger partial charge is 0.341 e. The van der Waals surface area contributed by atoms with Gasteiger partial charge in [0.15, 0.2) is 5.92 Å². The molecule has 1 aromatic rings. The third-order valence-corrected chi connectivity index (χ3v) is 3.63. The molecule has 6 heteroatoms. The van der Waals surface area contributed by atoms with Crippen molar-refractivity contribution in [3.63, 3.8) is 0 Å². The van der Waals surface area contributed by atoms with E-state index in [0.717, 1.165) is 12.8 Å². The molecule has 5 nitrogen and oxygen atoms in total. The van der Waals surface area contributed by atoms with E-state index >= 15 is 0 Å². The van der Waals surface area contributed by atoms with Gasteiger partial charge >= 0.3 is 0 Å². The first-order chi connectivity index (χ1) is 9.11. The van der Waals surface area contributed by atoms with Crippen molar-refractivity contribution >= 4 is 17.5 Å². The molecule has 100 valence electrons. The predicted molar refractivity (Wildman–Crippen MR) is 70.4 cm³/mol. The van der Waals surface area contributed by atoms with Gasteiger partial charge in [-0.05, 0) is 24.8 Å². The van der Waals surface area contributed by atoms with Gasteiger partial charge in [-0.1, -0.05) is 18.5 Å². The van der Waals surface area contributed by atoms with Crippen LogP contribution in [0.25, 0.3) is 0 Å². The van der Waals surface area contributed by atoms with Crippen LogP contribution in [-0.2, 0) is 4.79 Å². The zero-order chi connectivity index (χ0) is 13.8. The van der Waals surface area contributed by atoms with Crippen molar-refractivity contribution in [2.75, 3.05) is 13.1 Å². The molecular weight excluding hydrogens is 264 g/mol. The summed E-state index contributed by atoms with van der Waals surface area (Å²) in [6.07, 6.45) is 3.23. The van der Waals surface area contributed by atoms with Gasteiger partial charge in [0.1, 0.15) is 11.5 Å². The highest BCUT2D eigenvalue weighted by molar-refractivity contribution is 6.29. The Kier molecular flexibility index (Phi) is 4.33. The SMILES string of the molecule is CC1CCN(C(=O)[C@H](C#N)c2cc(Cl)ncn2)CC1. The van der Waals surface area contributed by atoms with Crippen molar-refractivity contribution in [2.24, 2.45) is 5.92 Å². The number of likely N-dealkylation sites (tertiary alicyclic amines) is 1. The quantitative estimate of drug-likeness (QED) is 0.776. The number of halogens is 1. The second-order valence-electron chi connectivity index (χ2n) is 4.84. The Labute approximate surface area is 117 Å². The number of carbonyl (C=O) groups excluding carboxylic acids is 1. The second kappa shape index (κ2) is 5.98. The fourth-order valence-electron chi connectivity index (χ4n) is 2.16. The van der Waals surface area contributed by atoms with E-state index in [1.54, 1.807) is 4.90 Å². The van der Waals surface area contributed by atoms with E-state index in [1.807, 2.05) is 6.07 Å². The lowest BCUT2D eigenvalue weighted by Gasteiger charge is -2.31. The standard InChI is InChI=1S/C13H15ClN4O/c1-9-2-4-18(5-3-9)13(19)10(7-15)11-6-12(14)17-8-16-11/h6,8-10H,2-5H2,1H3/t10-/m1/s1. The van der Waals surface area contributed by atoms with Crippen LogP contribution in [0.1, 0.15) is 31.4 Å². The minimum absolute atomic E-state index is 0.191. The average molecular weight is 279 g/mol. The van der Waals surface area contributed by atoms with Crippen molar-refractivity contribution in [3.05, 3.63) is 23.2 Å². The molecule has 2 heterocycles. The van der Waals surface area contributed by atoms with Crippen molar-refractivity contribution in [1.82, 2.24) is 14.9 Å². The molecule has 0 unspecified atom stereocenters. The molecule has 0 saturated carbocycles. The number of hydrogen-bond donors (Lipinski definition) is 0. The molecule has 0 radical (unpaired) electrons. The minimum Gasteiger partial charge on any atom is -0.341 e.